The summed E-state index contributed by atoms with van der Waals surface area (Å²) in [7, 11) is 0. The third-order valence-corrected chi connectivity index (χ3v) is 4.01. The Bertz CT molecular complexity index is 510. The second-order valence-electron chi connectivity index (χ2n) is 6.77. The van der Waals surface area contributed by atoms with E-state index in [1.165, 1.54) is 0 Å². The molecule has 1 saturated heterocycles. The predicted molar refractivity (Wildman–Crippen MR) is 87.0 cm³/mol. The van der Waals surface area contributed by atoms with Crippen molar-refractivity contribution in [3.8, 4) is 0 Å². The number of nitrogens with zero attached hydrogens (tertiary/aromatic N) is 1. The molecule has 0 spiro atoms. The molecule has 2 atom stereocenters. The van der Waals surface area contributed by atoms with Gasteiger partial charge in [-0.2, -0.15) is 0 Å². The van der Waals surface area contributed by atoms with E-state index in [2.05, 4.69) is 0 Å². The Morgan fingerprint density at radius 1 is 1.41 bits per heavy atom. The van der Waals surface area contributed by atoms with Gasteiger partial charge in [0.15, 0.2) is 0 Å². The smallest absolute Gasteiger partial charge is 0.410 e. The number of rotatable bonds is 3. The SMILES string of the molecule is CC(C)(C)OC(=O)N1CCCC1CC(O)c1ccc(Cl)cc1. The minimum Gasteiger partial charge on any atom is -0.444 e. The summed E-state index contributed by atoms with van der Waals surface area (Å²) in [4.78, 5) is 14.0. The maximum Gasteiger partial charge on any atom is 0.410 e. The molecule has 1 heterocycles. The molecule has 0 bridgehead atoms. The van der Waals surface area contributed by atoms with Crippen molar-refractivity contribution in [2.24, 2.45) is 0 Å². The molecule has 0 aromatic heterocycles. The monoisotopic (exact) mass is 325 g/mol. The molecule has 2 unspecified atom stereocenters. The average Bonchev–Trinajstić information content (AvgIpc) is 2.85. The van der Waals surface area contributed by atoms with E-state index in [-0.39, 0.29) is 12.1 Å². The van der Waals surface area contributed by atoms with E-state index < -0.39 is 11.7 Å². The van der Waals surface area contributed by atoms with Crippen LogP contribution in [-0.2, 0) is 4.74 Å². The molecule has 1 amide bonds. The van der Waals surface area contributed by atoms with Gasteiger partial charge in [-0.25, -0.2) is 4.79 Å². The largest absolute Gasteiger partial charge is 0.444 e. The first-order valence-electron chi connectivity index (χ1n) is 7.69. The Morgan fingerprint density at radius 3 is 2.64 bits per heavy atom. The zero-order valence-corrected chi connectivity index (χ0v) is 14.1. The van der Waals surface area contributed by atoms with Crippen LogP contribution in [0.3, 0.4) is 0 Å². The van der Waals surface area contributed by atoms with Gasteiger partial charge in [-0.05, 0) is 57.7 Å². The topological polar surface area (TPSA) is 49.8 Å². The number of ether oxygens (including phenoxy) is 1. The van der Waals surface area contributed by atoms with Crippen LogP contribution >= 0.6 is 11.6 Å². The van der Waals surface area contributed by atoms with Gasteiger partial charge >= 0.3 is 6.09 Å². The number of aliphatic hydroxyl groups is 1. The first-order chi connectivity index (χ1) is 10.3. The molecule has 1 aliphatic rings. The zero-order chi connectivity index (χ0) is 16.3. The molecule has 1 aromatic rings. The minimum absolute atomic E-state index is 0.0144. The molecule has 2 rings (SSSR count). The zero-order valence-electron chi connectivity index (χ0n) is 13.4. The summed E-state index contributed by atoms with van der Waals surface area (Å²) in [5, 5.41) is 11.0. The van der Waals surface area contributed by atoms with Crippen LogP contribution in [0, 0.1) is 0 Å². The number of carbonyl (C=O) groups excluding carboxylic acids is 1. The highest BCUT2D eigenvalue weighted by atomic mass is 35.5. The molecular weight excluding hydrogens is 302 g/mol. The summed E-state index contributed by atoms with van der Waals surface area (Å²) in [5.41, 5.74) is 0.319. The fourth-order valence-electron chi connectivity index (χ4n) is 2.72. The van der Waals surface area contributed by atoms with Crippen LogP contribution in [0.15, 0.2) is 24.3 Å². The summed E-state index contributed by atoms with van der Waals surface area (Å²) >= 11 is 5.86. The third kappa shape index (κ3) is 4.62. The Kier molecular flexibility index (Phi) is 5.35. The highest BCUT2D eigenvalue weighted by Crippen LogP contribution is 2.29. The van der Waals surface area contributed by atoms with Crippen molar-refractivity contribution in [2.45, 2.75) is 57.8 Å². The van der Waals surface area contributed by atoms with Crippen molar-refractivity contribution >= 4 is 17.7 Å². The van der Waals surface area contributed by atoms with E-state index >= 15 is 0 Å². The van der Waals surface area contributed by atoms with Crippen molar-refractivity contribution in [1.82, 2.24) is 4.90 Å². The molecule has 1 aliphatic heterocycles. The molecule has 0 radical (unpaired) electrons. The number of hydrogen-bond acceptors (Lipinski definition) is 3. The van der Waals surface area contributed by atoms with E-state index in [4.69, 9.17) is 16.3 Å². The summed E-state index contributed by atoms with van der Waals surface area (Å²) in [6, 6.07) is 7.18. The predicted octanol–water partition coefficient (Wildman–Crippen LogP) is 4.16. The summed E-state index contributed by atoms with van der Waals surface area (Å²) in [5.74, 6) is 0. The molecule has 0 aliphatic carbocycles. The Morgan fingerprint density at radius 2 is 2.05 bits per heavy atom. The maximum atomic E-state index is 12.2. The van der Waals surface area contributed by atoms with Gasteiger partial charge in [0, 0.05) is 17.6 Å². The van der Waals surface area contributed by atoms with E-state index in [1.54, 1.807) is 17.0 Å². The number of benzene rings is 1. The first-order valence-corrected chi connectivity index (χ1v) is 8.07. The fourth-order valence-corrected chi connectivity index (χ4v) is 2.85. The van der Waals surface area contributed by atoms with Crippen LogP contribution in [0.5, 0.6) is 0 Å². The molecule has 5 heteroatoms. The highest BCUT2D eigenvalue weighted by molar-refractivity contribution is 6.30. The van der Waals surface area contributed by atoms with E-state index in [9.17, 15) is 9.90 Å². The summed E-state index contributed by atoms with van der Waals surface area (Å²) < 4.78 is 5.44. The van der Waals surface area contributed by atoms with Crippen molar-refractivity contribution in [3.05, 3.63) is 34.9 Å². The number of likely N-dealkylation sites (tertiary alicyclic amines) is 1. The molecule has 1 fully saturated rings. The molecule has 22 heavy (non-hydrogen) atoms. The van der Waals surface area contributed by atoms with Gasteiger partial charge in [-0.15, -0.1) is 0 Å². The van der Waals surface area contributed by atoms with Crippen molar-refractivity contribution in [3.63, 3.8) is 0 Å². The molecule has 0 saturated carbocycles. The average molecular weight is 326 g/mol. The second-order valence-corrected chi connectivity index (χ2v) is 7.21. The van der Waals surface area contributed by atoms with Crippen LogP contribution < -0.4 is 0 Å². The number of halogens is 1. The Labute approximate surface area is 137 Å². The normalized spacial score (nSPS) is 20.0. The number of aliphatic hydroxyl groups excluding tert-OH is 1. The van der Waals surface area contributed by atoms with Gasteiger partial charge in [0.05, 0.1) is 6.10 Å². The minimum atomic E-state index is -0.606. The van der Waals surface area contributed by atoms with Crippen molar-refractivity contribution < 1.29 is 14.6 Å². The van der Waals surface area contributed by atoms with Crippen LogP contribution in [0.4, 0.5) is 4.79 Å². The van der Waals surface area contributed by atoms with Gasteiger partial charge in [0.2, 0.25) is 0 Å². The number of carbonyl (C=O) groups is 1. The second kappa shape index (κ2) is 6.88. The quantitative estimate of drug-likeness (QED) is 0.907. The van der Waals surface area contributed by atoms with E-state index in [0.717, 1.165) is 18.4 Å². The van der Waals surface area contributed by atoms with Crippen LogP contribution in [-0.4, -0.2) is 34.3 Å². The lowest BCUT2D eigenvalue weighted by molar-refractivity contribution is 0.0178. The lowest BCUT2D eigenvalue weighted by Crippen LogP contribution is -2.40. The molecule has 122 valence electrons. The third-order valence-electron chi connectivity index (χ3n) is 3.76. The van der Waals surface area contributed by atoms with Gasteiger partial charge in [0.25, 0.3) is 0 Å². The van der Waals surface area contributed by atoms with E-state index in [1.807, 2.05) is 32.9 Å². The maximum absolute atomic E-state index is 12.2. The Balaban J connectivity index is 1.98. The van der Waals surface area contributed by atoms with Gasteiger partial charge in [0.1, 0.15) is 5.60 Å². The lowest BCUT2D eigenvalue weighted by Gasteiger charge is -2.29. The standard InChI is InChI=1S/C17H24ClNO3/c1-17(2,3)22-16(21)19-10-4-5-14(19)11-15(20)12-6-8-13(18)9-7-12/h6-9,14-15,20H,4-5,10-11H2,1-3H3. The summed E-state index contributed by atoms with van der Waals surface area (Å²) in [6.45, 7) is 6.27. The summed E-state index contributed by atoms with van der Waals surface area (Å²) in [6.07, 6.45) is 1.45. The van der Waals surface area contributed by atoms with Gasteiger partial charge < -0.3 is 14.7 Å². The first kappa shape index (κ1) is 17.1. The molecule has 1 N–H and O–H groups in total. The molecule has 1 aromatic carbocycles. The highest BCUT2D eigenvalue weighted by Gasteiger charge is 2.33. The van der Waals surface area contributed by atoms with Crippen molar-refractivity contribution in [2.75, 3.05) is 6.54 Å². The van der Waals surface area contributed by atoms with Gasteiger partial charge in [-0.3, -0.25) is 0 Å². The Hall–Kier alpha value is -1.26. The van der Waals surface area contributed by atoms with Crippen LogP contribution in [0.1, 0.15) is 51.7 Å². The molecular formula is C17H24ClNO3. The van der Waals surface area contributed by atoms with Crippen LogP contribution in [0.2, 0.25) is 5.02 Å². The van der Waals surface area contributed by atoms with Gasteiger partial charge in [-0.1, -0.05) is 23.7 Å². The number of hydrogen-bond donors (Lipinski definition) is 1. The van der Waals surface area contributed by atoms with Crippen LogP contribution in [0.25, 0.3) is 0 Å². The lowest BCUT2D eigenvalue weighted by atomic mass is 10.0. The number of amides is 1. The molecule has 4 nitrogen and oxygen atoms in total. The fraction of sp³-hybridized carbons (Fsp3) is 0.588. The van der Waals surface area contributed by atoms with E-state index in [0.29, 0.717) is 18.0 Å². The van der Waals surface area contributed by atoms with Crippen molar-refractivity contribution in [1.29, 1.82) is 0 Å².